The van der Waals surface area contributed by atoms with Crippen LogP contribution in [0.2, 0.25) is 0 Å². The van der Waals surface area contributed by atoms with Crippen LogP contribution in [0.5, 0.6) is 5.75 Å². The van der Waals surface area contributed by atoms with Gasteiger partial charge in [0, 0.05) is 0 Å². The topological polar surface area (TPSA) is 18.5 Å². The molecule has 0 spiro atoms. The second kappa shape index (κ2) is 6.33. The van der Waals surface area contributed by atoms with Crippen molar-refractivity contribution in [2.24, 2.45) is 0 Å². The Morgan fingerprint density at radius 1 is 1.06 bits per heavy atom. The first kappa shape index (κ1) is 11.2. The quantitative estimate of drug-likeness (QED) is 0.558. The SMILES string of the molecule is C1=CCC(OCCOc2ccccc2)CC1. The van der Waals surface area contributed by atoms with Crippen LogP contribution < -0.4 is 4.74 Å². The molecule has 0 heterocycles. The van der Waals surface area contributed by atoms with Crippen molar-refractivity contribution in [3.05, 3.63) is 42.5 Å². The molecule has 0 N–H and O–H groups in total. The summed E-state index contributed by atoms with van der Waals surface area (Å²) in [7, 11) is 0. The number of hydrogen-bond donors (Lipinski definition) is 0. The Balaban J connectivity index is 1.60. The smallest absolute Gasteiger partial charge is 0.119 e. The Hall–Kier alpha value is -1.28. The number of rotatable bonds is 5. The molecule has 0 aromatic heterocycles. The standard InChI is InChI=1S/C14H18O2/c1-3-7-13(8-4-1)15-11-12-16-14-9-5-2-6-10-14/h1-5,7-8,14H,6,9-12H2. The van der Waals surface area contributed by atoms with Crippen LogP contribution in [0.3, 0.4) is 0 Å². The lowest BCUT2D eigenvalue weighted by atomic mass is 10.1. The van der Waals surface area contributed by atoms with Crippen molar-refractivity contribution in [1.82, 2.24) is 0 Å². The van der Waals surface area contributed by atoms with Gasteiger partial charge in [-0.05, 0) is 31.4 Å². The molecule has 0 saturated carbocycles. The molecular formula is C14H18O2. The maximum absolute atomic E-state index is 5.73. The van der Waals surface area contributed by atoms with Crippen molar-refractivity contribution in [2.45, 2.75) is 25.4 Å². The van der Waals surface area contributed by atoms with Gasteiger partial charge in [-0.2, -0.15) is 0 Å². The zero-order valence-electron chi connectivity index (χ0n) is 9.47. The van der Waals surface area contributed by atoms with Crippen molar-refractivity contribution in [1.29, 1.82) is 0 Å². The van der Waals surface area contributed by atoms with Crippen molar-refractivity contribution in [3.63, 3.8) is 0 Å². The molecule has 0 bridgehead atoms. The van der Waals surface area contributed by atoms with Gasteiger partial charge in [-0.3, -0.25) is 0 Å². The van der Waals surface area contributed by atoms with Crippen molar-refractivity contribution >= 4 is 0 Å². The molecule has 2 rings (SSSR count). The van der Waals surface area contributed by atoms with Gasteiger partial charge in [0.1, 0.15) is 12.4 Å². The third-order valence-corrected chi connectivity index (χ3v) is 2.67. The molecule has 1 aliphatic carbocycles. The zero-order chi connectivity index (χ0) is 11.1. The minimum Gasteiger partial charge on any atom is -0.491 e. The van der Waals surface area contributed by atoms with Gasteiger partial charge in [-0.1, -0.05) is 30.4 Å². The molecule has 0 fully saturated rings. The van der Waals surface area contributed by atoms with E-state index in [0.717, 1.165) is 25.0 Å². The fourth-order valence-corrected chi connectivity index (χ4v) is 1.81. The van der Waals surface area contributed by atoms with Gasteiger partial charge in [-0.15, -0.1) is 0 Å². The molecule has 0 aliphatic heterocycles. The Labute approximate surface area is 96.9 Å². The summed E-state index contributed by atoms with van der Waals surface area (Å²) in [6, 6.07) is 9.86. The van der Waals surface area contributed by atoms with Crippen molar-refractivity contribution in [2.75, 3.05) is 13.2 Å². The second-order valence-electron chi connectivity index (χ2n) is 3.94. The average Bonchev–Trinajstić information content (AvgIpc) is 2.37. The first-order valence-electron chi connectivity index (χ1n) is 5.89. The van der Waals surface area contributed by atoms with Gasteiger partial charge >= 0.3 is 0 Å². The predicted molar refractivity (Wildman–Crippen MR) is 64.7 cm³/mol. The number of hydrogen-bond acceptors (Lipinski definition) is 2. The van der Waals surface area contributed by atoms with E-state index in [1.165, 1.54) is 0 Å². The molecule has 1 aromatic rings. The van der Waals surface area contributed by atoms with Gasteiger partial charge in [0.25, 0.3) is 0 Å². The summed E-state index contributed by atoms with van der Waals surface area (Å²) >= 11 is 0. The fraction of sp³-hybridized carbons (Fsp3) is 0.429. The largest absolute Gasteiger partial charge is 0.491 e. The summed E-state index contributed by atoms with van der Waals surface area (Å²) in [4.78, 5) is 0. The maximum Gasteiger partial charge on any atom is 0.119 e. The summed E-state index contributed by atoms with van der Waals surface area (Å²) in [5, 5.41) is 0. The normalized spacial score (nSPS) is 19.6. The van der Waals surface area contributed by atoms with Crippen LogP contribution in [-0.4, -0.2) is 19.3 Å². The minimum atomic E-state index is 0.393. The van der Waals surface area contributed by atoms with E-state index in [9.17, 15) is 0 Å². The van der Waals surface area contributed by atoms with E-state index in [4.69, 9.17) is 9.47 Å². The lowest BCUT2D eigenvalue weighted by molar-refractivity contribution is 0.0291. The van der Waals surface area contributed by atoms with Crippen LogP contribution in [0.15, 0.2) is 42.5 Å². The monoisotopic (exact) mass is 218 g/mol. The Bertz CT molecular complexity index is 319. The van der Waals surface area contributed by atoms with E-state index in [0.29, 0.717) is 19.3 Å². The summed E-state index contributed by atoms with van der Waals surface area (Å²) in [5.74, 6) is 0.912. The van der Waals surface area contributed by atoms with E-state index in [2.05, 4.69) is 12.2 Å². The van der Waals surface area contributed by atoms with Gasteiger partial charge < -0.3 is 9.47 Å². The van der Waals surface area contributed by atoms with Crippen LogP contribution in [-0.2, 0) is 4.74 Å². The van der Waals surface area contributed by atoms with Gasteiger partial charge in [0.15, 0.2) is 0 Å². The molecule has 1 unspecified atom stereocenters. The zero-order valence-corrected chi connectivity index (χ0v) is 9.47. The molecule has 1 aromatic carbocycles. The third-order valence-electron chi connectivity index (χ3n) is 2.67. The van der Waals surface area contributed by atoms with Gasteiger partial charge in [-0.25, -0.2) is 0 Å². The number of ether oxygens (including phenoxy) is 2. The second-order valence-corrected chi connectivity index (χ2v) is 3.94. The van der Waals surface area contributed by atoms with Gasteiger partial charge in [0.2, 0.25) is 0 Å². The fourth-order valence-electron chi connectivity index (χ4n) is 1.81. The Morgan fingerprint density at radius 3 is 2.69 bits per heavy atom. The molecule has 86 valence electrons. The molecule has 1 aliphatic rings. The van der Waals surface area contributed by atoms with E-state index in [-0.39, 0.29) is 0 Å². The summed E-state index contributed by atoms with van der Waals surface area (Å²) in [6.45, 7) is 1.30. The highest BCUT2D eigenvalue weighted by molar-refractivity contribution is 5.20. The molecule has 16 heavy (non-hydrogen) atoms. The molecule has 0 radical (unpaired) electrons. The lowest BCUT2D eigenvalue weighted by Crippen LogP contribution is -2.18. The van der Waals surface area contributed by atoms with Crippen LogP contribution in [0.1, 0.15) is 19.3 Å². The highest BCUT2D eigenvalue weighted by Crippen LogP contribution is 2.14. The van der Waals surface area contributed by atoms with Crippen LogP contribution in [0, 0.1) is 0 Å². The molecule has 1 atom stereocenters. The third kappa shape index (κ3) is 3.70. The molecular weight excluding hydrogens is 200 g/mol. The van der Waals surface area contributed by atoms with Crippen molar-refractivity contribution in [3.8, 4) is 5.75 Å². The lowest BCUT2D eigenvalue weighted by Gasteiger charge is -2.18. The van der Waals surface area contributed by atoms with E-state index < -0.39 is 0 Å². The number of benzene rings is 1. The summed E-state index contributed by atoms with van der Waals surface area (Å²) in [5.41, 5.74) is 0. The molecule has 2 heteroatoms. The first-order valence-corrected chi connectivity index (χ1v) is 5.89. The summed E-state index contributed by atoms with van der Waals surface area (Å²) < 4.78 is 11.3. The first-order chi connectivity index (χ1) is 7.95. The number of para-hydroxylation sites is 1. The Kier molecular flexibility index (Phi) is 4.44. The van der Waals surface area contributed by atoms with Crippen LogP contribution in [0.4, 0.5) is 0 Å². The van der Waals surface area contributed by atoms with Crippen LogP contribution >= 0.6 is 0 Å². The average molecular weight is 218 g/mol. The van der Waals surface area contributed by atoms with Crippen LogP contribution in [0.25, 0.3) is 0 Å². The molecule has 0 amide bonds. The van der Waals surface area contributed by atoms with Crippen molar-refractivity contribution < 1.29 is 9.47 Å². The summed E-state index contributed by atoms with van der Waals surface area (Å²) in [6.07, 6.45) is 8.15. The van der Waals surface area contributed by atoms with E-state index >= 15 is 0 Å². The highest BCUT2D eigenvalue weighted by Gasteiger charge is 2.09. The number of allylic oxidation sites excluding steroid dienone is 1. The molecule has 2 nitrogen and oxygen atoms in total. The maximum atomic E-state index is 5.73. The van der Waals surface area contributed by atoms with E-state index in [1.54, 1.807) is 0 Å². The predicted octanol–water partition coefficient (Wildman–Crippen LogP) is 3.19. The van der Waals surface area contributed by atoms with Gasteiger partial charge in [0.05, 0.1) is 12.7 Å². The Morgan fingerprint density at radius 2 is 1.94 bits per heavy atom. The highest BCUT2D eigenvalue weighted by atomic mass is 16.5. The minimum absolute atomic E-state index is 0.393. The molecule has 0 saturated heterocycles. The van der Waals surface area contributed by atoms with E-state index in [1.807, 2.05) is 30.3 Å².